The zero-order valence-corrected chi connectivity index (χ0v) is 18.9. The molecule has 2 fully saturated rings. The third-order valence-electron chi connectivity index (χ3n) is 6.32. The monoisotopic (exact) mass is 414 g/mol. The highest BCUT2D eigenvalue weighted by Gasteiger charge is 2.27. The maximum atomic E-state index is 11.8. The van der Waals surface area contributed by atoms with Crippen LogP contribution >= 0.6 is 0 Å². The molecule has 1 aromatic carbocycles. The highest BCUT2D eigenvalue weighted by molar-refractivity contribution is 5.80. The van der Waals surface area contributed by atoms with E-state index in [1.165, 1.54) is 44.2 Å². The van der Waals surface area contributed by atoms with Gasteiger partial charge in [0.05, 0.1) is 19.6 Å². The number of rotatable bonds is 6. The first-order valence-electron chi connectivity index (χ1n) is 11.5. The van der Waals surface area contributed by atoms with E-state index in [0.717, 1.165) is 50.9 Å². The number of piperidine rings is 2. The van der Waals surface area contributed by atoms with Crippen LogP contribution in [0.1, 0.15) is 50.7 Å². The van der Waals surface area contributed by atoms with Crippen LogP contribution in [-0.4, -0.2) is 61.6 Å². The largest absolute Gasteiger partial charge is 0.469 e. The molecule has 2 aliphatic heterocycles. The van der Waals surface area contributed by atoms with Gasteiger partial charge in [-0.3, -0.25) is 9.69 Å². The van der Waals surface area contributed by atoms with E-state index >= 15 is 0 Å². The Balaban J connectivity index is 1.64. The van der Waals surface area contributed by atoms with E-state index in [1.54, 1.807) is 0 Å². The fourth-order valence-corrected chi connectivity index (χ4v) is 4.62. The second-order valence-corrected chi connectivity index (χ2v) is 8.71. The van der Waals surface area contributed by atoms with Gasteiger partial charge < -0.3 is 15.0 Å². The van der Waals surface area contributed by atoms with Crippen LogP contribution in [0.4, 0.5) is 0 Å². The van der Waals surface area contributed by atoms with Crippen molar-refractivity contribution in [1.82, 2.24) is 15.1 Å². The second kappa shape index (κ2) is 11.3. The van der Waals surface area contributed by atoms with E-state index < -0.39 is 0 Å². The highest BCUT2D eigenvalue weighted by Crippen LogP contribution is 2.21. The van der Waals surface area contributed by atoms with Gasteiger partial charge in [-0.05, 0) is 56.2 Å². The van der Waals surface area contributed by atoms with E-state index in [1.807, 2.05) is 0 Å². The Hall–Kier alpha value is -2.08. The molecule has 0 aromatic heterocycles. The van der Waals surface area contributed by atoms with Gasteiger partial charge in [0.15, 0.2) is 5.96 Å². The summed E-state index contributed by atoms with van der Waals surface area (Å²) in [5.74, 6) is 1.67. The molecule has 0 radical (unpaired) electrons. The number of hydrogen-bond acceptors (Lipinski definition) is 4. The van der Waals surface area contributed by atoms with Crippen LogP contribution in [-0.2, 0) is 22.6 Å². The van der Waals surface area contributed by atoms with E-state index in [0.29, 0.717) is 6.54 Å². The van der Waals surface area contributed by atoms with Crippen molar-refractivity contribution in [3.8, 4) is 0 Å². The maximum absolute atomic E-state index is 11.8. The number of ether oxygens (including phenoxy) is 1. The third-order valence-corrected chi connectivity index (χ3v) is 6.32. The SMILES string of the molecule is CCNC(=NCc1ccccc1CN1CCCC(C)C1)N1CCC(C(=O)OC)CC1. The molecule has 2 heterocycles. The lowest BCUT2D eigenvalue weighted by Gasteiger charge is -2.33. The minimum Gasteiger partial charge on any atom is -0.469 e. The molecular formula is C24H38N4O2. The van der Waals surface area contributed by atoms with Crippen molar-refractivity contribution in [3.05, 3.63) is 35.4 Å². The van der Waals surface area contributed by atoms with Crippen LogP contribution in [0.3, 0.4) is 0 Å². The number of methoxy groups -OCH3 is 1. The lowest BCUT2D eigenvalue weighted by molar-refractivity contribution is -0.146. The van der Waals surface area contributed by atoms with E-state index in [2.05, 4.69) is 53.2 Å². The smallest absolute Gasteiger partial charge is 0.308 e. The molecule has 0 amide bonds. The Labute approximate surface area is 181 Å². The van der Waals surface area contributed by atoms with Crippen LogP contribution in [0.2, 0.25) is 0 Å². The van der Waals surface area contributed by atoms with Crippen molar-refractivity contribution in [2.75, 3.05) is 39.8 Å². The van der Waals surface area contributed by atoms with Crippen molar-refractivity contribution < 1.29 is 9.53 Å². The van der Waals surface area contributed by atoms with E-state index in [4.69, 9.17) is 9.73 Å². The number of carbonyl (C=O) groups is 1. The van der Waals surface area contributed by atoms with Crippen molar-refractivity contribution >= 4 is 11.9 Å². The van der Waals surface area contributed by atoms with E-state index in [9.17, 15) is 4.79 Å². The number of carbonyl (C=O) groups excluding carboxylic acids is 1. The molecule has 1 atom stereocenters. The lowest BCUT2D eigenvalue weighted by atomic mass is 9.97. The number of guanidine groups is 1. The Morgan fingerprint density at radius 2 is 1.90 bits per heavy atom. The number of nitrogens with one attached hydrogen (secondary N) is 1. The first-order chi connectivity index (χ1) is 14.6. The summed E-state index contributed by atoms with van der Waals surface area (Å²) in [6.45, 7) is 11.0. The van der Waals surface area contributed by atoms with Gasteiger partial charge >= 0.3 is 5.97 Å². The van der Waals surface area contributed by atoms with Gasteiger partial charge in [-0.1, -0.05) is 31.2 Å². The van der Waals surface area contributed by atoms with Crippen molar-refractivity contribution in [2.45, 2.75) is 52.6 Å². The molecule has 6 nitrogen and oxygen atoms in total. The molecule has 30 heavy (non-hydrogen) atoms. The molecule has 1 aromatic rings. The topological polar surface area (TPSA) is 57.2 Å². The molecule has 0 spiro atoms. The Morgan fingerprint density at radius 1 is 1.17 bits per heavy atom. The summed E-state index contributed by atoms with van der Waals surface area (Å²) in [4.78, 5) is 21.6. The molecule has 6 heteroatoms. The van der Waals surface area contributed by atoms with Crippen LogP contribution in [0.25, 0.3) is 0 Å². The molecule has 0 aliphatic carbocycles. The average Bonchev–Trinajstić information content (AvgIpc) is 2.77. The molecule has 1 unspecified atom stereocenters. The standard InChI is InChI=1S/C24H38N4O2/c1-4-25-24(28-14-11-20(12-15-28)23(29)30-3)26-16-21-9-5-6-10-22(21)18-27-13-7-8-19(2)17-27/h5-6,9-10,19-20H,4,7-8,11-18H2,1-3H3,(H,25,26). The van der Waals surface area contributed by atoms with Crippen molar-refractivity contribution in [2.24, 2.45) is 16.8 Å². The predicted molar refractivity (Wildman–Crippen MR) is 121 cm³/mol. The van der Waals surface area contributed by atoms with Crippen molar-refractivity contribution in [1.29, 1.82) is 0 Å². The van der Waals surface area contributed by atoms with Gasteiger partial charge in [-0.2, -0.15) is 0 Å². The molecule has 2 aliphatic rings. The third kappa shape index (κ3) is 6.21. The summed E-state index contributed by atoms with van der Waals surface area (Å²) < 4.78 is 4.91. The summed E-state index contributed by atoms with van der Waals surface area (Å²) in [5, 5.41) is 3.44. The fraction of sp³-hybridized carbons (Fsp3) is 0.667. The highest BCUT2D eigenvalue weighted by atomic mass is 16.5. The first-order valence-corrected chi connectivity index (χ1v) is 11.5. The lowest BCUT2D eigenvalue weighted by Crippen LogP contribution is -2.46. The van der Waals surface area contributed by atoms with Gasteiger partial charge in [0.25, 0.3) is 0 Å². The van der Waals surface area contributed by atoms with Gasteiger partial charge in [-0.15, -0.1) is 0 Å². The molecule has 3 rings (SSSR count). The Bertz CT molecular complexity index is 713. The van der Waals surface area contributed by atoms with Gasteiger partial charge in [0, 0.05) is 32.7 Å². The predicted octanol–water partition coefficient (Wildman–Crippen LogP) is 3.27. The van der Waals surface area contributed by atoms with Crippen LogP contribution in [0, 0.1) is 11.8 Å². The quantitative estimate of drug-likeness (QED) is 0.440. The number of nitrogens with zero attached hydrogens (tertiary/aromatic N) is 3. The van der Waals surface area contributed by atoms with Crippen molar-refractivity contribution in [3.63, 3.8) is 0 Å². The summed E-state index contributed by atoms with van der Waals surface area (Å²) in [7, 11) is 1.47. The van der Waals surface area contributed by atoms with Crippen LogP contribution in [0.15, 0.2) is 29.3 Å². The Kier molecular flexibility index (Phi) is 8.55. The number of likely N-dealkylation sites (tertiary alicyclic amines) is 2. The normalized spacial score (nSPS) is 21.5. The summed E-state index contributed by atoms with van der Waals surface area (Å²) in [5.41, 5.74) is 2.69. The summed E-state index contributed by atoms with van der Waals surface area (Å²) in [6, 6.07) is 8.71. The zero-order valence-electron chi connectivity index (χ0n) is 18.9. The molecule has 0 saturated carbocycles. The average molecular weight is 415 g/mol. The van der Waals surface area contributed by atoms with Gasteiger partial charge in [0.1, 0.15) is 0 Å². The fourth-order valence-electron chi connectivity index (χ4n) is 4.62. The van der Waals surface area contributed by atoms with Crippen LogP contribution < -0.4 is 5.32 Å². The molecule has 1 N–H and O–H groups in total. The number of benzene rings is 1. The maximum Gasteiger partial charge on any atom is 0.308 e. The van der Waals surface area contributed by atoms with Gasteiger partial charge in [-0.25, -0.2) is 4.99 Å². The molecular weight excluding hydrogens is 376 g/mol. The molecule has 166 valence electrons. The van der Waals surface area contributed by atoms with E-state index in [-0.39, 0.29) is 11.9 Å². The number of hydrogen-bond donors (Lipinski definition) is 1. The van der Waals surface area contributed by atoms with Crippen LogP contribution in [0.5, 0.6) is 0 Å². The van der Waals surface area contributed by atoms with Gasteiger partial charge in [0.2, 0.25) is 0 Å². The zero-order chi connectivity index (χ0) is 21.3. The molecule has 0 bridgehead atoms. The first kappa shape index (κ1) is 22.6. The summed E-state index contributed by atoms with van der Waals surface area (Å²) >= 11 is 0. The molecule has 2 saturated heterocycles. The number of aliphatic imine (C=N–C) groups is 1. The number of esters is 1. The summed E-state index contributed by atoms with van der Waals surface area (Å²) in [6.07, 6.45) is 4.29. The Morgan fingerprint density at radius 3 is 2.57 bits per heavy atom. The minimum absolute atomic E-state index is 0.0155. The minimum atomic E-state index is -0.0856. The second-order valence-electron chi connectivity index (χ2n) is 8.71.